The summed E-state index contributed by atoms with van der Waals surface area (Å²) in [4.78, 5) is 0. The molecule has 0 nitrogen and oxygen atoms in total. The van der Waals surface area contributed by atoms with Crippen LogP contribution in [0.2, 0.25) is 0 Å². The van der Waals surface area contributed by atoms with Crippen LogP contribution in [0, 0.1) is 19.1 Å². The molecular weight excluding hydrogens is 269 g/mol. The van der Waals surface area contributed by atoms with Gasteiger partial charge in [0, 0.05) is 32.7 Å². The van der Waals surface area contributed by atoms with E-state index < -0.39 is 0 Å². The summed E-state index contributed by atoms with van der Waals surface area (Å²) in [5, 5.41) is 2.04. The second-order valence-corrected chi connectivity index (χ2v) is 3.62. The summed E-state index contributed by atoms with van der Waals surface area (Å²) < 4.78 is 0. The molecule has 0 aliphatic rings. The summed E-state index contributed by atoms with van der Waals surface area (Å²) >= 11 is 0. The topological polar surface area (TPSA) is 0 Å². The predicted molar refractivity (Wildman–Crippen MR) is 63.6 cm³/mol. The molecule has 0 spiro atoms. The smallest absolute Gasteiger partial charge is 0 e. The Hall–Kier alpha value is -0.716. The van der Waals surface area contributed by atoms with Crippen molar-refractivity contribution in [2.24, 2.45) is 0 Å². The van der Waals surface area contributed by atoms with E-state index in [-0.39, 0.29) is 32.7 Å². The van der Waals surface area contributed by atoms with Crippen LogP contribution in [0.4, 0.5) is 0 Å². The minimum absolute atomic E-state index is 0. The molecule has 77 valence electrons. The molecule has 0 aliphatic heterocycles. The largest absolute Gasteiger partial charge is 0.151 e. The van der Waals surface area contributed by atoms with Gasteiger partial charge >= 0.3 is 0 Å². The van der Waals surface area contributed by atoms with Crippen molar-refractivity contribution in [3.8, 4) is 0 Å². The molecule has 0 amide bonds. The van der Waals surface area contributed by atoms with Crippen molar-refractivity contribution in [3.63, 3.8) is 0 Å². The molecule has 1 heteroatoms. The maximum absolute atomic E-state index is 3.83. The van der Waals surface area contributed by atoms with E-state index in [1.165, 1.54) is 5.56 Å². The Morgan fingerprint density at radius 3 is 2.44 bits per heavy atom. The Bertz CT molecular complexity index is 529. The van der Waals surface area contributed by atoms with E-state index in [9.17, 15) is 0 Å². The molecule has 0 aromatic heterocycles. The molecule has 0 unspecified atom stereocenters. The van der Waals surface area contributed by atoms with Crippen LogP contribution in [0.3, 0.4) is 0 Å². The molecule has 0 heterocycles. The van der Waals surface area contributed by atoms with Crippen LogP contribution in [-0.2, 0) is 32.7 Å². The van der Waals surface area contributed by atoms with Gasteiger partial charge in [0.2, 0.25) is 0 Å². The quantitative estimate of drug-likeness (QED) is 0.700. The van der Waals surface area contributed by atoms with Crippen LogP contribution >= 0.6 is 0 Å². The van der Waals surface area contributed by atoms with Crippen molar-refractivity contribution < 1.29 is 32.7 Å². The van der Waals surface area contributed by atoms with Gasteiger partial charge < -0.3 is 0 Å². The van der Waals surface area contributed by atoms with Gasteiger partial charge in [0.05, 0.1) is 0 Å². The zero-order valence-corrected chi connectivity index (χ0v) is 12.2. The monoisotopic (exact) mass is 281 g/mol. The molecule has 0 bridgehead atoms. The summed E-state index contributed by atoms with van der Waals surface area (Å²) in [5.74, 6) is 0. The van der Waals surface area contributed by atoms with Gasteiger partial charge in [-0.05, 0) is 0 Å². The fourth-order valence-electron chi connectivity index (χ4n) is 1.33. The molecule has 2 rings (SSSR count). The van der Waals surface area contributed by atoms with Gasteiger partial charge in [-0.3, -0.25) is 0 Å². The third-order valence-corrected chi connectivity index (χ3v) is 2.20. The Morgan fingerprint density at radius 2 is 1.88 bits per heavy atom. The summed E-state index contributed by atoms with van der Waals surface area (Å²) in [7, 11) is 0. The van der Waals surface area contributed by atoms with E-state index in [0.717, 1.165) is 16.0 Å². The number of hydrogen-bond donors (Lipinski definition) is 0. The standard InChI is InChI=1S/C15H12.Y/c1-12-3-7-14(8-4-12)11-15-9-5-13(2)6-10-15;/h3-7,9,11H,1H2,2H3;/q-2;. The molecule has 16 heavy (non-hydrogen) atoms. The van der Waals surface area contributed by atoms with Gasteiger partial charge in [-0.1, -0.05) is 6.92 Å². The molecule has 0 saturated heterocycles. The Labute approximate surface area is 122 Å². The molecular formula is C15H12Y-2. The number of hydrogen-bond acceptors (Lipinski definition) is 0. The van der Waals surface area contributed by atoms with E-state index in [2.05, 4.69) is 43.8 Å². The maximum atomic E-state index is 3.83. The maximum Gasteiger partial charge on any atom is 0 e. The van der Waals surface area contributed by atoms with Crippen LogP contribution in [0.15, 0.2) is 36.4 Å². The average molecular weight is 281 g/mol. The first-order chi connectivity index (χ1) is 7.24. The van der Waals surface area contributed by atoms with E-state index in [4.69, 9.17) is 0 Å². The SMILES string of the molecule is C=c1c[c-]c(=Cc2[c-]cc(C)cc2)cc1.[Y]. The fourth-order valence-corrected chi connectivity index (χ4v) is 1.33. The van der Waals surface area contributed by atoms with Gasteiger partial charge in [0.15, 0.2) is 0 Å². The zero-order valence-electron chi connectivity index (χ0n) is 9.33. The minimum Gasteiger partial charge on any atom is -0.151 e. The molecule has 0 saturated carbocycles. The molecule has 2 aromatic rings. The molecule has 0 N–H and O–H groups in total. The van der Waals surface area contributed by atoms with Crippen molar-refractivity contribution in [2.45, 2.75) is 6.92 Å². The Morgan fingerprint density at radius 1 is 1.06 bits per heavy atom. The minimum atomic E-state index is 0. The van der Waals surface area contributed by atoms with E-state index in [0.29, 0.717) is 0 Å². The van der Waals surface area contributed by atoms with Crippen molar-refractivity contribution in [3.05, 3.63) is 70.1 Å². The number of benzene rings is 2. The molecule has 0 fully saturated rings. The third kappa shape index (κ3) is 3.70. The van der Waals surface area contributed by atoms with Crippen molar-refractivity contribution >= 4 is 12.7 Å². The number of rotatable bonds is 1. The van der Waals surface area contributed by atoms with Crippen LogP contribution < -0.4 is 10.4 Å². The van der Waals surface area contributed by atoms with E-state index in [1.807, 2.05) is 24.3 Å². The Balaban J connectivity index is 0.00000128. The van der Waals surface area contributed by atoms with Gasteiger partial charge in [-0.2, -0.15) is 10.8 Å². The fraction of sp³-hybridized carbons (Fsp3) is 0.0667. The second-order valence-electron chi connectivity index (χ2n) is 3.62. The van der Waals surface area contributed by atoms with Crippen LogP contribution in [0.1, 0.15) is 11.1 Å². The van der Waals surface area contributed by atoms with Gasteiger partial charge in [0.1, 0.15) is 0 Å². The van der Waals surface area contributed by atoms with Crippen LogP contribution in [0.5, 0.6) is 0 Å². The first-order valence-electron chi connectivity index (χ1n) is 4.91. The van der Waals surface area contributed by atoms with Gasteiger partial charge in [-0.15, -0.1) is 72.0 Å². The van der Waals surface area contributed by atoms with E-state index in [1.54, 1.807) is 0 Å². The number of aryl methyl sites for hydroxylation is 1. The second kappa shape index (κ2) is 6.13. The molecule has 0 atom stereocenters. The first-order valence-corrected chi connectivity index (χ1v) is 4.91. The predicted octanol–water partition coefficient (Wildman–Crippen LogP) is 1.83. The summed E-state index contributed by atoms with van der Waals surface area (Å²) in [6.07, 6.45) is 2.05. The first kappa shape index (κ1) is 13.3. The zero-order chi connectivity index (χ0) is 10.7. The van der Waals surface area contributed by atoms with E-state index >= 15 is 0 Å². The summed E-state index contributed by atoms with van der Waals surface area (Å²) in [6, 6.07) is 18.4. The van der Waals surface area contributed by atoms with Gasteiger partial charge in [-0.25, -0.2) is 0 Å². The summed E-state index contributed by atoms with van der Waals surface area (Å²) in [5.41, 5.74) is 2.30. The van der Waals surface area contributed by atoms with Crippen molar-refractivity contribution in [1.29, 1.82) is 0 Å². The normalized spacial score (nSPS) is 10.9. The third-order valence-electron chi connectivity index (χ3n) is 2.20. The summed E-state index contributed by atoms with van der Waals surface area (Å²) in [6.45, 7) is 5.89. The van der Waals surface area contributed by atoms with Crippen molar-refractivity contribution in [2.75, 3.05) is 0 Å². The van der Waals surface area contributed by atoms with Gasteiger partial charge in [0.25, 0.3) is 0 Å². The molecule has 2 aromatic carbocycles. The van der Waals surface area contributed by atoms with Crippen molar-refractivity contribution in [1.82, 2.24) is 0 Å². The molecule has 1 radical (unpaired) electrons. The Kier molecular flexibility index (Phi) is 5.11. The van der Waals surface area contributed by atoms with Crippen LogP contribution in [-0.4, -0.2) is 0 Å². The van der Waals surface area contributed by atoms with Crippen LogP contribution in [0.25, 0.3) is 12.7 Å². The molecule has 0 aliphatic carbocycles. The average Bonchev–Trinajstić information content (AvgIpc) is 2.25.